The molecule has 0 unspecified atom stereocenters. The van der Waals surface area contributed by atoms with Gasteiger partial charge in [-0.05, 0) is 109 Å². The molecule has 6 nitrogen and oxygen atoms in total. The van der Waals surface area contributed by atoms with E-state index in [1.54, 1.807) is 0 Å². The number of carbonyl (C=O) groups excluding carboxylic acids is 1. The molecule has 0 saturated carbocycles. The summed E-state index contributed by atoms with van der Waals surface area (Å²) in [4.78, 5) is 32.2. The van der Waals surface area contributed by atoms with Gasteiger partial charge in [0.05, 0.1) is 22.6 Å². The molecule has 46 heavy (non-hydrogen) atoms. The Hall–Kier alpha value is -4.19. The number of fused-ring (bicyclic) bond motifs is 8. The number of allylic oxidation sites excluding steroid dienone is 2. The highest BCUT2D eigenvalue weighted by molar-refractivity contribution is 6.05. The molecule has 5 heterocycles. The molecule has 8 bridgehead atoms. The number of nitrogens with zero attached hydrogens (tertiary/aromatic N) is 2. The maximum atomic E-state index is 13.8. The lowest BCUT2D eigenvalue weighted by Gasteiger charge is -2.27. The molecule has 4 aromatic rings. The smallest absolute Gasteiger partial charge is 0.234 e. The molecule has 1 aromatic carbocycles. The first kappa shape index (κ1) is 31.8. The Labute approximate surface area is 273 Å². The molecule has 0 radical (unpaired) electrons. The number of nitrogens with two attached hydrogens (primary N) is 1. The molecule has 6 rings (SSSR count). The van der Waals surface area contributed by atoms with Gasteiger partial charge in [-0.1, -0.05) is 67.5 Å². The summed E-state index contributed by atoms with van der Waals surface area (Å²) >= 11 is 0. The van der Waals surface area contributed by atoms with Gasteiger partial charge in [-0.15, -0.1) is 0 Å². The van der Waals surface area contributed by atoms with E-state index in [0.717, 1.165) is 100 Å². The maximum absolute atomic E-state index is 13.8. The molecule has 1 atom stereocenters. The van der Waals surface area contributed by atoms with Crippen molar-refractivity contribution < 1.29 is 4.79 Å². The van der Waals surface area contributed by atoms with Crippen molar-refractivity contribution in [3.05, 3.63) is 80.8 Å². The van der Waals surface area contributed by atoms with E-state index in [1.165, 1.54) is 33.4 Å². The predicted octanol–water partition coefficient (Wildman–Crippen LogP) is 9.19. The minimum absolute atomic E-state index is 0.353. The fourth-order valence-electron chi connectivity index (χ4n) is 8.43. The summed E-state index contributed by atoms with van der Waals surface area (Å²) in [5, 5.41) is 0.982. The van der Waals surface area contributed by atoms with Crippen molar-refractivity contribution in [1.29, 1.82) is 0 Å². The van der Waals surface area contributed by atoms with Crippen LogP contribution in [0.25, 0.3) is 44.1 Å². The third-order valence-electron chi connectivity index (χ3n) is 10.7. The highest BCUT2D eigenvalue weighted by Crippen LogP contribution is 2.47. The van der Waals surface area contributed by atoms with E-state index in [9.17, 15) is 4.79 Å². The molecule has 2 aliphatic rings. The summed E-state index contributed by atoms with van der Waals surface area (Å²) in [7, 11) is 0. The Bertz CT molecular complexity index is 2070. The van der Waals surface area contributed by atoms with Crippen LogP contribution in [0, 0.1) is 0 Å². The van der Waals surface area contributed by atoms with Crippen LogP contribution < -0.4 is 5.73 Å². The molecule has 2 aliphatic heterocycles. The average molecular weight is 616 g/mol. The van der Waals surface area contributed by atoms with Crippen LogP contribution in [0.2, 0.25) is 0 Å². The molecule has 0 fully saturated rings. The van der Waals surface area contributed by atoms with Crippen molar-refractivity contribution in [3.63, 3.8) is 0 Å². The number of primary amides is 1. The van der Waals surface area contributed by atoms with Gasteiger partial charge in [0.1, 0.15) is 5.41 Å². The summed E-state index contributed by atoms with van der Waals surface area (Å²) in [6, 6.07) is 11.0. The number of aryl methyl sites for hydroxylation is 5. The molecule has 240 valence electrons. The second-order valence-electron chi connectivity index (χ2n) is 12.6. The second-order valence-corrected chi connectivity index (χ2v) is 12.6. The van der Waals surface area contributed by atoms with Crippen LogP contribution in [0.5, 0.6) is 0 Å². The molecule has 4 N–H and O–H groups in total. The number of benzene rings is 1. The number of hydrogen-bond donors (Lipinski definition) is 3. The first-order chi connectivity index (χ1) is 22.3. The van der Waals surface area contributed by atoms with Crippen molar-refractivity contribution in [3.8, 4) is 0 Å². The number of aromatic amines is 2. The minimum atomic E-state index is -1.03. The van der Waals surface area contributed by atoms with Crippen molar-refractivity contribution in [2.75, 3.05) is 0 Å². The van der Waals surface area contributed by atoms with E-state index in [1.807, 2.05) is 0 Å². The Morgan fingerprint density at radius 3 is 1.70 bits per heavy atom. The molecule has 1 amide bonds. The predicted molar refractivity (Wildman–Crippen MR) is 193 cm³/mol. The zero-order chi connectivity index (χ0) is 32.9. The molecule has 0 saturated heterocycles. The topological polar surface area (TPSA) is 100 Å². The summed E-state index contributed by atoms with van der Waals surface area (Å²) in [6.07, 6.45) is 6.69. The molecule has 3 aromatic heterocycles. The van der Waals surface area contributed by atoms with E-state index in [-0.39, 0.29) is 5.91 Å². The van der Waals surface area contributed by atoms with Gasteiger partial charge in [0, 0.05) is 33.0 Å². The fourth-order valence-corrected chi connectivity index (χ4v) is 8.43. The number of amides is 1. The zero-order valence-corrected chi connectivity index (χ0v) is 28.9. The lowest BCUT2D eigenvalue weighted by Crippen LogP contribution is -2.41. The first-order valence-electron chi connectivity index (χ1n) is 17.5. The van der Waals surface area contributed by atoms with Crippen LogP contribution in [0.3, 0.4) is 0 Å². The van der Waals surface area contributed by atoms with Gasteiger partial charge in [-0.3, -0.25) is 9.78 Å². The molecule has 0 spiro atoms. The molecule has 0 aliphatic carbocycles. The van der Waals surface area contributed by atoms with Crippen molar-refractivity contribution in [2.45, 2.75) is 112 Å². The van der Waals surface area contributed by atoms with Gasteiger partial charge in [0.15, 0.2) is 0 Å². The monoisotopic (exact) mass is 615 g/mol. The second kappa shape index (κ2) is 12.2. The van der Waals surface area contributed by atoms with Crippen LogP contribution in [0.4, 0.5) is 0 Å². The van der Waals surface area contributed by atoms with Gasteiger partial charge >= 0.3 is 0 Å². The largest absolute Gasteiger partial charge is 0.369 e. The van der Waals surface area contributed by atoms with Gasteiger partial charge in [0.2, 0.25) is 5.91 Å². The lowest BCUT2D eigenvalue weighted by molar-refractivity contribution is -0.122. The Kier molecular flexibility index (Phi) is 8.43. The van der Waals surface area contributed by atoms with Crippen LogP contribution >= 0.6 is 0 Å². The third-order valence-corrected chi connectivity index (χ3v) is 10.7. The van der Waals surface area contributed by atoms with E-state index >= 15 is 0 Å². The highest BCUT2D eigenvalue weighted by Gasteiger charge is 2.46. The fraction of sp³-hybridized carbons (Fsp3) is 0.425. The van der Waals surface area contributed by atoms with Gasteiger partial charge in [-0.25, -0.2) is 4.98 Å². The van der Waals surface area contributed by atoms with Crippen LogP contribution in [-0.2, 0) is 42.3 Å². The Morgan fingerprint density at radius 2 is 1.22 bits per heavy atom. The van der Waals surface area contributed by atoms with Crippen molar-refractivity contribution >= 4 is 50.0 Å². The Morgan fingerprint density at radius 1 is 0.674 bits per heavy atom. The highest BCUT2D eigenvalue weighted by atomic mass is 16.1. The molecule has 6 heteroatoms. The summed E-state index contributed by atoms with van der Waals surface area (Å²) in [5.74, 6) is -0.353. The zero-order valence-electron chi connectivity index (χ0n) is 28.9. The Balaban J connectivity index is 1.95. The number of H-pyrrole nitrogens is 2. The van der Waals surface area contributed by atoms with E-state index in [2.05, 4.69) is 95.7 Å². The normalized spacial score (nSPS) is 16.3. The number of nitrogens with one attached hydrogen (secondary N) is 2. The summed E-state index contributed by atoms with van der Waals surface area (Å²) in [5.41, 5.74) is 23.2. The van der Waals surface area contributed by atoms with Crippen LogP contribution in [0.15, 0.2) is 30.3 Å². The van der Waals surface area contributed by atoms with Crippen molar-refractivity contribution in [2.24, 2.45) is 5.73 Å². The maximum Gasteiger partial charge on any atom is 0.234 e. The number of hydrogen-bond acceptors (Lipinski definition) is 3. The summed E-state index contributed by atoms with van der Waals surface area (Å²) in [6.45, 7) is 17.5. The van der Waals surface area contributed by atoms with E-state index in [4.69, 9.17) is 15.7 Å². The lowest BCUT2D eigenvalue weighted by atomic mass is 9.73. The van der Waals surface area contributed by atoms with E-state index in [0.29, 0.717) is 12.1 Å². The number of rotatable bonds is 9. The van der Waals surface area contributed by atoms with Gasteiger partial charge in [0.25, 0.3) is 0 Å². The van der Waals surface area contributed by atoms with E-state index < -0.39 is 5.41 Å². The first-order valence-corrected chi connectivity index (χ1v) is 17.5. The number of carbonyl (C=O) groups is 1. The quantitative estimate of drug-likeness (QED) is 0.175. The third kappa shape index (κ3) is 4.47. The van der Waals surface area contributed by atoms with Crippen LogP contribution in [-0.4, -0.2) is 25.8 Å². The number of aromatic nitrogens is 4. The van der Waals surface area contributed by atoms with Crippen LogP contribution in [0.1, 0.15) is 125 Å². The average Bonchev–Trinajstić information content (AvgIpc) is 3.78. The minimum Gasteiger partial charge on any atom is -0.369 e. The standard InChI is InChI=1S/C40H49N5O/c1-9-22-17-18-29-37-28(15-7)27(14-6)33(44-37)20-32-24(11-3)23(10-2)30(42-32)19-31-25(12-4)26(13-5)34(43-31)21-35-40(16-8,39(41)46)36(22)38(29)45-35/h17-21,42-43H,9-16H2,1-8H3,(H2,41,46)/t40-/m1/s1. The summed E-state index contributed by atoms with van der Waals surface area (Å²) < 4.78 is 0. The van der Waals surface area contributed by atoms with Crippen molar-refractivity contribution in [1.82, 2.24) is 19.9 Å². The molecular formula is C40H49N5O. The SMILES string of the molecule is CCC1=C(CC)c2nc1cc1[nH]c(cc3[nH]c(cc4nc5c(c(CC)ccc25)[C@]4(CC)C(N)=O)c(CC)c3CC)c(CC)c1CC. The molecular weight excluding hydrogens is 566 g/mol. The van der Waals surface area contributed by atoms with Gasteiger partial charge in [-0.2, -0.15) is 0 Å². The van der Waals surface area contributed by atoms with Gasteiger partial charge < -0.3 is 15.7 Å².